The van der Waals surface area contributed by atoms with Crippen LogP contribution in [0, 0.1) is 0 Å². The predicted molar refractivity (Wildman–Crippen MR) is 104 cm³/mol. The Morgan fingerprint density at radius 1 is 1.07 bits per heavy atom. The van der Waals surface area contributed by atoms with Gasteiger partial charge in [0.15, 0.2) is 0 Å². The number of nitrogens with one attached hydrogen (secondary N) is 2. The van der Waals surface area contributed by atoms with Gasteiger partial charge in [0.1, 0.15) is 6.23 Å². The second-order valence-corrected chi connectivity index (χ2v) is 8.23. The fraction of sp³-hybridized carbons (Fsp3) is 0.600. The molecule has 0 radical (unpaired) electrons. The first-order valence-electron chi connectivity index (χ1n) is 10.2. The van der Waals surface area contributed by atoms with Crippen molar-refractivity contribution < 1.29 is 14.7 Å². The lowest BCUT2D eigenvalue weighted by Gasteiger charge is -2.44. The van der Waals surface area contributed by atoms with E-state index in [1.807, 2.05) is 12.1 Å². The van der Waals surface area contributed by atoms with Crippen LogP contribution in [0.5, 0.6) is 0 Å². The van der Waals surface area contributed by atoms with Gasteiger partial charge in [-0.3, -0.25) is 14.5 Å². The van der Waals surface area contributed by atoms with Gasteiger partial charge in [-0.1, -0.05) is 0 Å². The Balaban J connectivity index is 1.27. The van der Waals surface area contributed by atoms with Crippen molar-refractivity contribution in [2.75, 3.05) is 44.2 Å². The maximum atomic E-state index is 12.8. The lowest BCUT2D eigenvalue weighted by atomic mass is 10.0. The van der Waals surface area contributed by atoms with Crippen LogP contribution in [0.25, 0.3) is 0 Å². The zero-order valence-electron chi connectivity index (χ0n) is 15.9. The summed E-state index contributed by atoms with van der Waals surface area (Å²) in [6, 6.07) is 6.42. The number of aliphatic hydroxyl groups excluding tert-OH is 1. The third-order valence-electron chi connectivity index (χ3n) is 6.62. The molecule has 3 saturated heterocycles. The standard InChI is InChI=1S/C20H27N5O3/c26-18-4-3-17(19(27)22-18)25-12-13-9-14(1-2-16(13)20(25)28)23-5-7-24(8-6-23)15-10-21-11-15/h1-2,9,15,17,19,21,27H,3-8,10-12H2,(H,22,26). The van der Waals surface area contributed by atoms with Crippen molar-refractivity contribution in [3.8, 4) is 0 Å². The van der Waals surface area contributed by atoms with E-state index >= 15 is 0 Å². The Kier molecular flexibility index (Phi) is 4.49. The number of piperazine rings is 1. The molecule has 2 amide bonds. The van der Waals surface area contributed by atoms with Crippen LogP contribution < -0.4 is 15.5 Å². The fourth-order valence-corrected chi connectivity index (χ4v) is 4.77. The van der Waals surface area contributed by atoms with E-state index in [1.54, 1.807) is 4.90 Å². The molecule has 1 aromatic rings. The minimum Gasteiger partial charge on any atom is -0.372 e. The van der Waals surface area contributed by atoms with Crippen LogP contribution in [0.15, 0.2) is 18.2 Å². The minimum absolute atomic E-state index is 0.0518. The van der Waals surface area contributed by atoms with Gasteiger partial charge >= 0.3 is 0 Å². The molecule has 8 nitrogen and oxygen atoms in total. The number of amides is 2. The molecule has 4 aliphatic rings. The number of benzene rings is 1. The van der Waals surface area contributed by atoms with Gasteiger partial charge in [0.2, 0.25) is 5.91 Å². The number of fused-ring (bicyclic) bond motifs is 1. The summed E-state index contributed by atoms with van der Waals surface area (Å²) in [5, 5.41) is 16.1. The Hall–Kier alpha value is -2.16. The number of hydrogen-bond acceptors (Lipinski definition) is 6. The Morgan fingerprint density at radius 2 is 1.86 bits per heavy atom. The molecule has 8 heteroatoms. The molecule has 0 spiro atoms. The molecule has 5 rings (SSSR count). The number of carbonyl (C=O) groups is 2. The average molecular weight is 385 g/mol. The van der Waals surface area contributed by atoms with Crippen molar-refractivity contribution in [1.29, 1.82) is 0 Å². The third kappa shape index (κ3) is 3.05. The SMILES string of the molecule is O=C1CCC(N2Cc3cc(N4CCN(C5CNC5)CC4)ccc3C2=O)C(O)N1. The molecule has 150 valence electrons. The molecule has 0 aromatic heterocycles. The fourth-order valence-electron chi connectivity index (χ4n) is 4.77. The van der Waals surface area contributed by atoms with Crippen LogP contribution >= 0.6 is 0 Å². The predicted octanol–water partition coefficient (Wildman–Crippen LogP) is -0.667. The molecule has 4 aliphatic heterocycles. The largest absolute Gasteiger partial charge is 0.372 e. The highest BCUT2D eigenvalue weighted by molar-refractivity contribution is 5.99. The summed E-state index contributed by atoms with van der Waals surface area (Å²) in [6.07, 6.45) is -0.154. The summed E-state index contributed by atoms with van der Waals surface area (Å²) in [5.74, 6) is -0.212. The maximum absolute atomic E-state index is 12.8. The van der Waals surface area contributed by atoms with E-state index in [-0.39, 0.29) is 17.9 Å². The number of rotatable bonds is 3. The highest BCUT2D eigenvalue weighted by Gasteiger charge is 2.39. The normalized spacial score (nSPS) is 28.9. The molecule has 28 heavy (non-hydrogen) atoms. The zero-order chi connectivity index (χ0) is 19.3. The van der Waals surface area contributed by atoms with E-state index in [0.29, 0.717) is 31.0 Å². The monoisotopic (exact) mass is 385 g/mol. The lowest BCUT2D eigenvalue weighted by Crippen LogP contribution is -2.61. The second kappa shape index (κ2) is 7.02. The van der Waals surface area contributed by atoms with E-state index in [2.05, 4.69) is 26.5 Å². The number of anilines is 1. The quantitative estimate of drug-likeness (QED) is 0.640. The lowest BCUT2D eigenvalue weighted by molar-refractivity contribution is -0.129. The minimum atomic E-state index is -0.993. The van der Waals surface area contributed by atoms with Gasteiger partial charge < -0.3 is 25.5 Å². The summed E-state index contributed by atoms with van der Waals surface area (Å²) >= 11 is 0. The number of hydrogen-bond donors (Lipinski definition) is 3. The van der Waals surface area contributed by atoms with Gasteiger partial charge in [0.25, 0.3) is 5.91 Å². The van der Waals surface area contributed by atoms with Crippen LogP contribution in [-0.2, 0) is 11.3 Å². The Bertz CT molecular complexity index is 788. The number of piperidine rings is 1. The van der Waals surface area contributed by atoms with Crippen LogP contribution in [0.3, 0.4) is 0 Å². The van der Waals surface area contributed by atoms with Gasteiger partial charge in [-0.25, -0.2) is 0 Å². The molecule has 0 saturated carbocycles. The number of nitrogens with zero attached hydrogens (tertiary/aromatic N) is 3. The van der Waals surface area contributed by atoms with Crippen molar-refractivity contribution in [2.24, 2.45) is 0 Å². The second-order valence-electron chi connectivity index (χ2n) is 8.23. The van der Waals surface area contributed by atoms with Crippen LogP contribution in [0.2, 0.25) is 0 Å². The smallest absolute Gasteiger partial charge is 0.254 e. The Labute approximate surface area is 164 Å². The third-order valence-corrected chi connectivity index (χ3v) is 6.62. The van der Waals surface area contributed by atoms with Gasteiger partial charge in [0, 0.05) is 69.5 Å². The van der Waals surface area contributed by atoms with Crippen molar-refractivity contribution in [3.63, 3.8) is 0 Å². The maximum Gasteiger partial charge on any atom is 0.254 e. The first-order chi connectivity index (χ1) is 13.6. The van der Waals surface area contributed by atoms with Crippen LogP contribution in [0.4, 0.5) is 5.69 Å². The van der Waals surface area contributed by atoms with Crippen molar-refractivity contribution in [3.05, 3.63) is 29.3 Å². The number of aliphatic hydroxyl groups is 1. The van der Waals surface area contributed by atoms with Crippen molar-refractivity contribution in [2.45, 2.75) is 37.7 Å². The molecule has 1 aromatic carbocycles. The molecule has 2 unspecified atom stereocenters. The molecule has 0 bridgehead atoms. The van der Waals surface area contributed by atoms with Gasteiger partial charge in [-0.2, -0.15) is 0 Å². The van der Waals surface area contributed by atoms with Gasteiger partial charge in [-0.15, -0.1) is 0 Å². The highest BCUT2D eigenvalue weighted by atomic mass is 16.3. The topological polar surface area (TPSA) is 88.2 Å². The van der Waals surface area contributed by atoms with Gasteiger partial charge in [0.05, 0.1) is 6.04 Å². The molecule has 4 heterocycles. The molecule has 3 fully saturated rings. The first-order valence-corrected chi connectivity index (χ1v) is 10.2. The highest BCUT2D eigenvalue weighted by Crippen LogP contribution is 2.31. The average Bonchev–Trinajstić information content (AvgIpc) is 2.97. The Morgan fingerprint density at radius 3 is 2.54 bits per heavy atom. The van der Waals surface area contributed by atoms with E-state index < -0.39 is 6.23 Å². The molecular weight excluding hydrogens is 358 g/mol. The first kappa shape index (κ1) is 17.9. The van der Waals surface area contributed by atoms with E-state index in [9.17, 15) is 14.7 Å². The molecule has 2 atom stereocenters. The van der Waals surface area contributed by atoms with Crippen molar-refractivity contribution in [1.82, 2.24) is 20.4 Å². The zero-order valence-corrected chi connectivity index (χ0v) is 15.9. The van der Waals surface area contributed by atoms with Crippen LogP contribution in [-0.4, -0.2) is 84.3 Å². The summed E-state index contributed by atoms with van der Waals surface area (Å²) in [5.41, 5.74) is 2.89. The summed E-state index contributed by atoms with van der Waals surface area (Å²) in [7, 11) is 0. The molecular formula is C20H27N5O3. The van der Waals surface area contributed by atoms with Crippen molar-refractivity contribution >= 4 is 17.5 Å². The summed E-state index contributed by atoms with van der Waals surface area (Å²) < 4.78 is 0. The van der Waals surface area contributed by atoms with E-state index in [1.165, 1.54) is 0 Å². The molecule has 0 aliphatic carbocycles. The summed E-state index contributed by atoms with van der Waals surface area (Å²) in [4.78, 5) is 31.0. The van der Waals surface area contributed by atoms with E-state index in [0.717, 1.165) is 50.5 Å². The van der Waals surface area contributed by atoms with E-state index in [4.69, 9.17) is 0 Å². The summed E-state index contributed by atoms with van der Waals surface area (Å²) in [6.45, 7) is 6.84. The van der Waals surface area contributed by atoms with Gasteiger partial charge in [-0.05, 0) is 30.2 Å². The number of carbonyl (C=O) groups excluding carboxylic acids is 2. The van der Waals surface area contributed by atoms with Crippen LogP contribution in [0.1, 0.15) is 28.8 Å². The molecule has 3 N–H and O–H groups in total.